The zero-order chi connectivity index (χ0) is 26.0. The van der Waals surface area contributed by atoms with E-state index in [4.69, 9.17) is 0 Å². The van der Waals surface area contributed by atoms with Gasteiger partial charge in [-0.1, -0.05) is 62.1 Å². The van der Waals surface area contributed by atoms with Crippen LogP contribution in [0.5, 0.6) is 0 Å². The SMILES string of the molecule is C=C/C=C\CCCCCNC(=O)c1cccc(NC(/N=C\C=C)=N/Cc2ccc(NC(C)=O)cc2)c1. The van der Waals surface area contributed by atoms with E-state index in [1.807, 2.05) is 42.5 Å². The summed E-state index contributed by atoms with van der Waals surface area (Å²) in [5.41, 5.74) is 2.96. The van der Waals surface area contributed by atoms with Crippen molar-refractivity contribution < 1.29 is 9.59 Å². The summed E-state index contributed by atoms with van der Waals surface area (Å²) >= 11 is 0. The summed E-state index contributed by atoms with van der Waals surface area (Å²) in [4.78, 5) is 32.6. The second-order valence-corrected chi connectivity index (χ2v) is 8.01. The van der Waals surface area contributed by atoms with Gasteiger partial charge in [0.05, 0.1) is 6.54 Å². The number of carbonyl (C=O) groups is 2. The molecule has 7 nitrogen and oxygen atoms in total. The molecule has 0 saturated heterocycles. The summed E-state index contributed by atoms with van der Waals surface area (Å²) < 4.78 is 0. The number of nitrogens with one attached hydrogen (secondary N) is 3. The van der Waals surface area contributed by atoms with Crippen LogP contribution in [0.25, 0.3) is 0 Å². The normalized spacial score (nSPS) is 11.4. The summed E-state index contributed by atoms with van der Waals surface area (Å²) in [6.07, 6.45) is 13.1. The highest BCUT2D eigenvalue weighted by Gasteiger charge is 2.07. The molecule has 7 heteroatoms. The average molecular weight is 486 g/mol. The quantitative estimate of drug-likeness (QED) is 0.143. The standard InChI is InChI=1S/C29H35N5O2/c1-4-6-7-8-9-10-11-20-30-28(36)25-13-12-14-27(21-25)34-29(31-19-5-2)32-22-24-15-17-26(18-16-24)33-23(3)35/h4-7,12-19,21H,1-2,8-11,20,22H2,3H3,(H,30,36)(H,32,34)(H,33,35)/b7-6-,31-19-. The van der Waals surface area contributed by atoms with Crippen molar-refractivity contribution in [1.82, 2.24) is 5.32 Å². The third-order valence-corrected chi connectivity index (χ3v) is 4.97. The molecule has 0 heterocycles. The molecule has 36 heavy (non-hydrogen) atoms. The van der Waals surface area contributed by atoms with Crippen LogP contribution >= 0.6 is 0 Å². The Morgan fingerprint density at radius 1 is 0.944 bits per heavy atom. The molecule has 0 aliphatic rings. The third kappa shape index (κ3) is 11.2. The smallest absolute Gasteiger partial charge is 0.251 e. The number of benzene rings is 2. The number of rotatable bonds is 13. The Morgan fingerprint density at radius 2 is 1.75 bits per heavy atom. The van der Waals surface area contributed by atoms with Crippen molar-refractivity contribution in [2.45, 2.75) is 39.2 Å². The van der Waals surface area contributed by atoms with E-state index in [0.717, 1.165) is 36.9 Å². The van der Waals surface area contributed by atoms with Gasteiger partial charge >= 0.3 is 0 Å². The van der Waals surface area contributed by atoms with Crippen LogP contribution in [0.2, 0.25) is 0 Å². The monoisotopic (exact) mass is 485 g/mol. The lowest BCUT2D eigenvalue weighted by Gasteiger charge is -2.09. The van der Waals surface area contributed by atoms with Crippen molar-refractivity contribution in [3.63, 3.8) is 0 Å². The molecule has 0 aliphatic carbocycles. The number of anilines is 2. The van der Waals surface area contributed by atoms with Crippen LogP contribution in [0.1, 0.15) is 48.5 Å². The number of hydrogen-bond acceptors (Lipinski definition) is 3. The maximum atomic E-state index is 12.6. The van der Waals surface area contributed by atoms with Gasteiger partial charge in [-0.05, 0) is 55.2 Å². The third-order valence-electron chi connectivity index (χ3n) is 4.97. The van der Waals surface area contributed by atoms with Gasteiger partial charge in [-0.2, -0.15) is 0 Å². The van der Waals surface area contributed by atoms with Crippen molar-refractivity contribution in [3.05, 3.63) is 97.1 Å². The first-order valence-corrected chi connectivity index (χ1v) is 12.0. The van der Waals surface area contributed by atoms with Gasteiger partial charge in [0, 0.05) is 36.6 Å². The van der Waals surface area contributed by atoms with E-state index < -0.39 is 0 Å². The zero-order valence-electron chi connectivity index (χ0n) is 20.9. The Morgan fingerprint density at radius 3 is 2.47 bits per heavy atom. The number of hydrogen-bond donors (Lipinski definition) is 3. The molecule has 0 saturated carbocycles. The van der Waals surface area contributed by atoms with Crippen LogP contribution in [-0.2, 0) is 11.3 Å². The Balaban J connectivity index is 1.94. The summed E-state index contributed by atoms with van der Waals surface area (Å²) in [7, 11) is 0. The molecular weight excluding hydrogens is 450 g/mol. The van der Waals surface area contributed by atoms with Crippen molar-refractivity contribution in [3.8, 4) is 0 Å². The maximum absolute atomic E-state index is 12.6. The lowest BCUT2D eigenvalue weighted by Crippen LogP contribution is -2.24. The van der Waals surface area contributed by atoms with Gasteiger partial charge in [-0.15, -0.1) is 0 Å². The van der Waals surface area contributed by atoms with Crippen molar-refractivity contribution >= 4 is 35.4 Å². The lowest BCUT2D eigenvalue weighted by atomic mass is 10.1. The second-order valence-electron chi connectivity index (χ2n) is 8.01. The summed E-state index contributed by atoms with van der Waals surface area (Å²) in [6, 6.07) is 14.7. The van der Waals surface area contributed by atoms with Crippen molar-refractivity contribution in [1.29, 1.82) is 0 Å². The van der Waals surface area contributed by atoms with E-state index in [1.165, 1.54) is 6.92 Å². The number of carbonyl (C=O) groups excluding carboxylic acids is 2. The van der Waals surface area contributed by atoms with Gasteiger partial charge in [0.15, 0.2) is 0 Å². The minimum absolute atomic E-state index is 0.113. The number of amides is 2. The van der Waals surface area contributed by atoms with E-state index >= 15 is 0 Å². The fourth-order valence-corrected chi connectivity index (χ4v) is 3.23. The van der Waals surface area contributed by atoms with E-state index in [1.54, 1.807) is 30.5 Å². The Bertz CT molecular complexity index is 1100. The van der Waals surface area contributed by atoms with Gasteiger partial charge < -0.3 is 16.0 Å². The lowest BCUT2D eigenvalue weighted by molar-refractivity contribution is -0.114. The van der Waals surface area contributed by atoms with E-state index in [0.29, 0.717) is 30.3 Å². The summed E-state index contributed by atoms with van der Waals surface area (Å²) in [5.74, 6) is 0.163. The first kappa shape index (κ1) is 28.0. The largest absolute Gasteiger partial charge is 0.352 e. The highest BCUT2D eigenvalue weighted by molar-refractivity contribution is 6.01. The molecule has 2 aromatic carbocycles. The fraction of sp³-hybridized carbons (Fsp3) is 0.241. The van der Waals surface area contributed by atoms with Gasteiger partial charge in [-0.3, -0.25) is 9.59 Å². The maximum Gasteiger partial charge on any atom is 0.251 e. The Labute approximate surface area is 213 Å². The molecule has 0 spiro atoms. The van der Waals surface area contributed by atoms with Gasteiger partial charge in [0.2, 0.25) is 11.9 Å². The van der Waals surface area contributed by atoms with E-state index in [-0.39, 0.29) is 11.8 Å². The van der Waals surface area contributed by atoms with Crippen LogP contribution in [0.3, 0.4) is 0 Å². The van der Waals surface area contributed by atoms with Crippen LogP contribution in [-0.4, -0.2) is 30.5 Å². The predicted octanol–water partition coefficient (Wildman–Crippen LogP) is 5.90. The van der Waals surface area contributed by atoms with Crippen LogP contribution in [0.15, 0.2) is 96.0 Å². The molecule has 0 radical (unpaired) electrons. The van der Waals surface area contributed by atoms with Gasteiger partial charge in [0.25, 0.3) is 5.91 Å². The Hall–Kier alpha value is -4.26. The van der Waals surface area contributed by atoms with Crippen LogP contribution in [0.4, 0.5) is 11.4 Å². The summed E-state index contributed by atoms with van der Waals surface area (Å²) in [6.45, 7) is 9.82. The average Bonchev–Trinajstić information content (AvgIpc) is 2.87. The number of aliphatic imine (C=N–C) groups is 2. The minimum atomic E-state index is -0.116. The number of guanidine groups is 1. The van der Waals surface area contributed by atoms with Gasteiger partial charge in [-0.25, -0.2) is 9.98 Å². The minimum Gasteiger partial charge on any atom is -0.352 e. The van der Waals surface area contributed by atoms with Crippen LogP contribution in [0, 0.1) is 0 Å². The number of unbranched alkanes of at least 4 members (excludes halogenated alkanes) is 3. The highest BCUT2D eigenvalue weighted by Crippen LogP contribution is 2.13. The first-order chi connectivity index (χ1) is 17.5. The zero-order valence-corrected chi connectivity index (χ0v) is 20.9. The topological polar surface area (TPSA) is 94.9 Å². The number of allylic oxidation sites excluding steroid dienone is 4. The summed E-state index contributed by atoms with van der Waals surface area (Å²) in [5, 5.41) is 8.89. The molecular formula is C29H35N5O2. The highest BCUT2D eigenvalue weighted by atomic mass is 16.2. The molecule has 0 aromatic heterocycles. The molecule has 2 amide bonds. The molecule has 3 N–H and O–H groups in total. The molecule has 188 valence electrons. The molecule has 0 fully saturated rings. The molecule has 0 bridgehead atoms. The number of nitrogens with zero attached hydrogens (tertiary/aromatic N) is 2. The fourth-order valence-electron chi connectivity index (χ4n) is 3.23. The van der Waals surface area contributed by atoms with Crippen LogP contribution < -0.4 is 16.0 Å². The predicted molar refractivity (Wildman–Crippen MR) is 151 cm³/mol. The molecule has 2 rings (SSSR count). The van der Waals surface area contributed by atoms with E-state index in [9.17, 15) is 9.59 Å². The molecule has 2 aromatic rings. The molecule has 0 unspecified atom stereocenters. The van der Waals surface area contributed by atoms with E-state index in [2.05, 4.69) is 45.2 Å². The second kappa shape index (κ2) is 16.4. The van der Waals surface area contributed by atoms with Crippen molar-refractivity contribution in [2.75, 3.05) is 17.2 Å². The first-order valence-electron chi connectivity index (χ1n) is 12.0. The molecule has 0 aliphatic heterocycles. The van der Waals surface area contributed by atoms with Crippen molar-refractivity contribution in [2.24, 2.45) is 9.98 Å². The Kier molecular flexibility index (Phi) is 12.7. The molecule has 0 atom stereocenters. The van der Waals surface area contributed by atoms with Gasteiger partial charge in [0.1, 0.15) is 0 Å².